The van der Waals surface area contributed by atoms with Gasteiger partial charge >= 0.3 is 0 Å². The third kappa shape index (κ3) is 10.1. The first kappa shape index (κ1) is 15.6. The molecule has 0 amide bonds. The minimum absolute atomic E-state index is 0. The summed E-state index contributed by atoms with van der Waals surface area (Å²) in [5.74, 6) is 0.120. The van der Waals surface area contributed by atoms with Crippen LogP contribution in [0, 0.1) is 0 Å². The molecule has 13 heavy (non-hydrogen) atoms. The van der Waals surface area contributed by atoms with Crippen LogP contribution in [0.3, 0.4) is 0 Å². The molecule has 0 spiro atoms. The van der Waals surface area contributed by atoms with Gasteiger partial charge in [-0.05, 0) is 6.42 Å². The second-order valence-electron chi connectivity index (χ2n) is 2.54. The van der Waals surface area contributed by atoms with Crippen molar-refractivity contribution in [2.45, 2.75) is 26.2 Å². The molecule has 0 N–H and O–H groups in total. The van der Waals surface area contributed by atoms with E-state index >= 15 is 0 Å². The predicted molar refractivity (Wildman–Crippen MR) is 49.5 cm³/mol. The van der Waals surface area contributed by atoms with Crippen LogP contribution in [-0.4, -0.2) is 20.8 Å². The number of hydrogen-bond acceptors (Lipinski definition) is 3. The Hall–Kier alpha value is 0.169. The molecule has 0 aromatic heterocycles. The van der Waals surface area contributed by atoms with Gasteiger partial charge in [0, 0.05) is 17.1 Å². The van der Waals surface area contributed by atoms with E-state index in [4.69, 9.17) is 0 Å². The van der Waals surface area contributed by atoms with E-state index in [9.17, 15) is 8.42 Å². The Labute approximate surface area is 91.1 Å². The number of hydrogen-bond donors (Lipinski definition) is 0. The van der Waals surface area contributed by atoms with Crippen molar-refractivity contribution >= 4 is 10.1 Å². The van der Waals surface area contributed by atoms with Gasteiger partial charge in [0.05, 0.1) is 12.4 Å². The molecule has 0 atom stereocenters. The fourth-order valence-electron chi connectivity index (χ4n) is 0.740. The summed E-state index contributed by atoms with van der Waals surface area (Å²) in [6.45, 7) is 5.47. The maximum Gasteiger partial charge on any atom is 0.267 e. The average Bonchev–Trinajstić information content (AvgIpc) is 2.01. The van der Waals surface area contributed by atoms with E-state index in [2.05, 4.69) is 10.8 Å². The Morgan fingerprint density at radius 2 is 2.00 bits per heavy atom. The van der Waals surface area contributed by atoms with Crippen LogP contribution in [0.25, 0.3) is 0 Å². The van der Waals surface area contributed by atoms with Crippen molar-refractivity contribution in [3.8, 4) is 0 Å². The quantitative estimate of drug-likeness (QED) is 0.298. The molecule has 0 heterocycles. The van der Waals surface area contributed by atoms with Crippen LogP contribution >= 0.6 is 0 Å². The van der Waals surface area contributed by atoms with Crippen molar-refractivity contribution in [2.75, 3.05) is 12.4 Å². The first-order valence-electron chi connectivity index (χ1n) is 4.10. The third-order valence-corrected chi connectivity index (χ3v) is 2.65. The van der Waals surface area contributed by atoms with E-state index in [0.29, 0.717) is 6.42 Å². The summed E-state index contributed by atoms with van der Waals surface area (Å²) in [5.41, 5.74) is 0. The summed E-state index contributed by atoms with van der Waals surface area (Å²) in [4.78, 5) is 0. The van der Waals surface area contributed by atoms with Gasteiger partial charge in [0.15, 0.2) is 0 Å². The zero-order valence-corrected chi connectivity index (χ0v) is 9.73. The first-order valence-corrected chi connectivity index (χ1v) is 5.68. The predicted octanol–water partition coefficient (Wildman–Crippen LogP) is 1.71. The molecule has 0 unspecified atom stereocenters. The zero-order chi connectivity index (χ0) is 9.45. The molecule has 0 aliphatic heterocycles. The normalized spacial score (nSPS) is 10.5. The molecule has 0 bridgehead atoms. The molecule has 0 fully saturated rings. The molecular formula is C8H16FeO3S. The van der Waals surface area contributed by atoms with Gasteiger partial charge < -0.3 is 0 Å². The molecule has 0 aliphatic rings. The van der Waals surface area contributed by atoms with Crippen molar-refractivity contribution in [3.63, 3.8) is 0 Å². The van der Waals surface area contributed by atoms with Crippen LogP contribution in [0.2, 0.25) is 0 Å². The third-order valence-electron chi connectivity index (χ3n) is 1.36. The van der Waals surface area contributed by atoms with Crippen LogP contribution in [-0.2, 0) is 31.4 Å². The van der Waals surface area contributed by atoms with Crippen LogP contribution in [0.5, 0.6) is 0 Å². The summed E-state index contributed by atoms with van der Waals surface area (Å²) < 4.78 is 26.6. The van der Waals surface area contributed by atoms with Crippen molar-refractivity contribution in [1.29, 1.82) is 0 Å². The van der Waals surface area contributed by atoms with Crippen molar-refractivity contribution < 1.29 is 29.7 Å². The second-order valence-corrected chi connectivity index (χ2v) is 4.30. The van der Waals surface area contributed by atoms with Gasteiger partial charge in [0.1, 0.15) is 0 Å². The number of unbranched alkanes of at least 4 members (excludes halogenated alkanes) is 2. The Morgan fingerprint density at radius 1 is 1.38 bits per heavy atom. The van der Waals surface area contributed by atoms with E-state index in [1.165, 1.54) is 6.08 Å². The fraction of sp³-hybridized carbons (Fsp3) is 0.750. The standard InChI is InChI=1S/C8H16O3S.Fe/c1-3-5-6-8-12(9,10)11-7-4-2;/h4H,2-3,5-8H2,1H3;. The molecule has 0 aromatic rings. The molecular weight excluding hydrogens is 232 g/mol. The molecule has 5 heteroatoms. The Kier molecular flexibility index (Phi) is 10.5. The molecule has 80 valence electrons. The topological polar surface area (TPSA) is 43.4 Å². The van der Waals surface area contributed by atoms with Gasteiger partial charge in [-0.2, -0.15) is 8.42 Å². The molecule has 0 aromatic carbocycles. The minimum atomic E-state index is -3.29. The SMILES string of the molecule is C=CCOS(=O)(=O)CCCCC.[Fe]. The molecule has 0 saturated carbocycles. The van der Waals surface area contributed by atoms with Gasteiger partial charge in [-0.25, -0.2) is 0 Å². The Bertz CT molecular complexity index is 211. The Balaban J connectivity index is 0. The van der Waals surface area contributed by atoms with Gasteiger partial charge in [-0.3, -0.25) is 4.18 Å². The molecule has 3 nitrogen and oxygen atoms in total. The summed E-state index contributed by atoms with van der Waals surface area (Å²) >= 11 is 0. The van der Waals surface area contributed by atoms with E-state index < -0.39 is 10.1 Å². The summed E-state index contributed by atoms with van der Waals surface area (Å²) in [7, 11) is -3.29. The van der Waals surface area contributed by atoms with Crippen molar-refractivity contribution in [3.05, 3.63) is 12.7 Å². The molecule has 0 rings (SSSR count). The minimum Gasteiger partial charge on any atom is -0.266 e. The largest absolute Gasteiger partial charge is 0.267 e. The average molecular weight is 248 g/mol. The fourth-order valence-corrected chi connectivity index (χ4v) is 1.72. The van der Waals surface area contributed by atoms with Crippen LogP contribution < -0.4 is 0 Å². The van der Waals surface area contributed by atoms with Crippen molar-refractivity contribution in [2.24, 2.45) is 0 Å². The zero-order valence-electron chi connectivity index (χ0n) is 7.81. The van der Waals surface area contributed by atoms with Gasteiger partial charge in [-0.15, -0.1) is 6.58 Å². The summed E-state index contributed by atoms with van der Waals surface area (Å²) in [6.07, 6.45) is 4.04. The number of rotatable bonds is 7. The monoisotopic (exact) mass is 248 g/mol. The maximum absolute atomic E-state index is 11.0. The second kappa shape index (κ2) is 8.75. The molecule has 0 aliphatic carbocycles. The van der Waals surface area contributed by atoms with Gasteiger partial charge in [0.25, 0.3) is 10.1 Å². The van der Waals surface area contributed by atoms with E-state index in [1.807, 2.05) is 6.92 Å². The van der Waals surface area contributed by atoms with E-state index in [-0.39, 0.29) is 29.4 Å². The van der Waals surface area contributed by atoms with E-state index in [0.717, 1.165) is 12.8 Å². The van der Waals surface area contributed by atoms with Crippen LogP contribution in [0.4, 0.5) is 0 Å². The first-order chi connectivity index (χ1) is 5.62. The van der Waals surface area contributed by atoms with Gasteiger partial charge in [-0.1, -0.05) is 25.8 Å². The van der Waals surface area contributed by atoms with Crippen LogP contribution in [0.1, 0.15) is 26.2 Å². The molecule has 0 saturated heterocycles. The molecule has 0 radical (unpaired) electrons. The summed E-state index contributed by atoms with van der Waals surface area (Å²) in [6, 6.07) is 0. The van der Waals surface area contributed by atoms with Crippen molar-refractivity contribution in [1.82, 2.24) is 0 Å². The Morgan fingerprint density at radius 3 is 2.46 bits per heavy atom. The summed E-state index contributed by atoms with van der Waals surface area (Å²) in [5, 5.41) is 0. The van der Waals surface area contributed by atoms with Gasteiger partial charge in [0.2, 0.25) is 0 Å². The smallest absolute Gasteiger partial charge is 0.266 e. The maximum atomic E-state index is 11.0. The van der Waals surface area contributed by atoms with E-state index in [1.54, 1.807) is 0 Å². The van der Waals surface area contributed by atoms with Crippen LogP contribution in [0.15, 0.2) is 12.7 Å².